The molecule has 0 saturated carbocycles. The van der Waals surface area contributed by atoms with Gasteiger partial charge in [-0.25, -0.2) is 4.39 Å². The van der Waals surface area contributed by atoms with Crippen molar-refractivity contribution in [3.63, 3.8) is 0 Å². The topological polar surface area (TPSA) is 12.0 Å². The fraction of sp³-hybridized carbons (Fsp3) is 0.538. The third-order valence-electron chi connectivity index (χ3n) is 2.87. The second-order valence-electron chi connectivity index (χ2n) is 4.01. The van der Waals surface area contributed by atoms with E-state index in [1.165, 1.54) is 0 Å². The summed E-state index contributed by atoms with van der Waals surface area (Å²) in [5.41, 5.74) is 0.933. The molecule has 0 amide bonds. The molecule has 1 N–H and O–H groups in total. The minimum absolute atomic E-state index is 0.159. The van der Waals surface area contributed by atoms with E-state index in [4.69, 9.17) is 0 Å². The van der Waals surface area contributed by atoms with Crippen molar-refractivity contribution in [1.82, 2.24) is 5.32 Å². The lowest BCUT2D eigenvalue weighted by Crippen LogP contribution is -2.35. The van der Waals surface area contributed by atoms with Crippen LogP contribution in [0, 0.1) is 5.92 Å². The summed E-state index contributed by atoms with van der Waals surface area (Å²) in [5, 5.41) is 3.23. The molecule has 1 nitrogen and oxygen atoms in total. The Morgan fingerprint density at radius 3 is 2.87 bits per heavy atom. The predicted octanol–water partition coefficient (Wildman–Crippen LogP) is 3.01. The zero-order valence-electron chi connectivity index (χ0n) is 9.21. The van der Waals surface area contributed by atoms with Crippen LogP contribution < -0.4 is 5.32 Å². The van der Waals surface area contributed by atoms with Gasteiger partial charge in [0.1, 0.15) is 6.17 Å². The maximum Gasteiger partial charge on any atom is 0.108 e. The lowest BCUT2D eigenvalue weighted by Gasteiger charge is -2.26. The van der Waals surface area contributed by atoms with Crippen LogP contribution in [0.15, 0.2) is 37.0 Å². The number of allylic oxidation sites excluding steroid dienone is 4. The van der Waals surface area contributed by atoms with E-state index in [1.54, 1.807) is 12.2 Å². The monoisotopic (exact) mass is 209 g/mol. The first-order chi connectivity index (χ1) is 7.27. The number of hydrogen-bond acceptors (Lipinski definition) is 1. The fourth-order valence-corrected chi connectivity index (χ4v) is 1.95. The summed E-state index contributed by atoms with van der Waals surface area (Å²) in [6.07, 6.45) is 7.00. The first-order valence-electron chi connectivity index (χ1n) is 5.56. The molecule has 2 atom stereocenters. The summed E-state index contributed by atoms with van der Waals surface area (Å²) in [5.74, 6) is 0.159. The van der Waals surface area contributed by atoms with Crippen LogP contribution in [-0.2, 0) is 0 Å². The average Bonchev–Trinajstić information content (AvgIpc) is 2.29. The smallest absolute Gasteiger partial charge is 0.108 e. The van der Waals surface area contributed by atoms with E-state index >= 15 is 0 Å². The van der Waals surface area contributed by atoms with Gasteiger partial charge in [0.2, 0.25) is 0 Å². The van der Waals surface area contributed by atoms with Crippen molar-refractivity contribution in [3.8, 4) is 0 Å². The summed E-state index contributed by atoms with van der Waals surface area (Å²) in [6, 6.07) is 0. The zero-order chi connectivity index (χ0) is 11.1. The van der Waals surface area contributed by atoms with Gasteiger partial charge < -0.3 is 5.32 Å². The van der Waals surface area contributed by atoms with Crippen LogP contribution >= 0.6 is 0 Å². The van der Waals surface area contributed by atoms with Crippen molar-refractivity contribution < 1.29 is 4.39 Å². The molecule has 84 valence electrons. The van der Waals surface area contributed by atoms with Gasteiger partial charge in [0, 0.05) is 18.9 Å². The van der Waals surface area contributed by atoms with Crippen LogP contribution in [0.2, 0.25) is 0 Å². The van der Waals surface area contributed by atoms with Gasteiger partial charge in [0.25, 0.3) is 0 Å². The Morgan fingerprint density at radius 2 is 2.33 bits per heavy atom. The molecule has 0 bridgehead atoms. The van der Waals surface area contributed by atoms with Gasteiger partial charge in [0.15, 0.2) is 0 Å². The van der Waals surface area contributed by atoms with Crippen LogP contribution in [0.4, 0.5) is 4.39 Å². The first kappa shape index (κ1) is 12.2. The molecular weight excluding hydrogens is 189 g/mol. The largest absolute Gasteiger partial charge is 0.316 e. The molecule has 2 unspecified atom stereocenters. The summed E-state index contributed by atoms with van der Waals surface area (Å²) in [7, 11) is 0. The Balaban J connectivity index is 2.45. The fourth-order valence-electron chi connectivity index (χ4n) is 1.95. The highest BCUT2D eigenvalue weighted by molar-refractivity contribution is 5.21. The van der Waals surface area contributed by atoms with E-state index in [2.05, 4.69) is 18.5 Å². The quantitative estimate of drug-likeness (QED) is 0.686. The Hall–Kier alpha value is -0.890. The molecule has 0 radical (unpaired) electrons. The maximum absolute atomic E-state index is 13.9. The van der Waals surface area contributed by atoms with Crippen molar-refractivity contribution in [2.24, 2.45) is 5.92 Å². The van der Waals surface area contributed by atoms with Crippen molar-refractivity contribution in [2.75, 3.05) is 13.1 Å². The second kappa shape index (κ2) is 6.57. The number of piperidine rings is 1. The molecule has 1 saturated heterocycles. The van der Waals surface area contributed by atoms with Crippen LogP contribution in [0.3, 0.4) is 0 Å². The summed E-state index contributed by atoms with van der Waals surface area (Å²) < 4.78 is 13.9. The van der Waals surface area contributed by atoms with Gasteiger partial charge in [-0.15, -0.1) is 0 Å². The second-order valence-corrected chi connectivity index (χ2v) is 4.01. The number of alkyl halides is 1. The Morgan fingerprint density at radius 1 is 1.53 bits per heavy atom. The molecule has 0 aromatic rings. The molecule has 0 aromatic heterocycles. The van der Waals surface area contributed by atoms with Gasteiger partial charge >= 0.3 is 0 Å². The van der Waals surface area contributed by atoms with E-state index in [-0.39, 0.29) is 5.92 Å². The van der Waals surface area contributed by atoms with Crippen LogP contribution in [0.1, 0.15) is 19.3 Å². The number of nitrogens with one attached hydrogen (secondary N) is 1. The van der Waals surface area contributed by atoms with Crippen LogP contribution in [-0.4, -0.2) is 19.3 Å². The molecule has 1 aliphatic rings. The van der Waals surface area contributed by atoms with E-state index in [9.17, 15) is 4.39 Å². The SMILES string of the molecule is C=C/C=C(\C=C)CC(F)C1CCCNC1. The van der Waals surface area contributed by atoms with Crippen LogP contribution in [0.5, 0.6) is 0 Å². The van der Waals surface area contributed by atoms with E-state index in [0.717, 1.165) is 31.5 Å². The molecule has 15 heavy (non-hydrogen) atoms. The van der Waals surface area contributed by atoms with Gasteiger partial charge in [0.05, 0.1) is 0 Å². The van der Waals surface area contributed by atoms with Gasteiger partial charge in [-0.1, -0.05) is 31.4 Å². The standard InChI is InChI=1S/C13H20FN/c1-3-6-11(4-2)9-13(14)12-7-5-8-15-10-12/h3-4,6,12-13,15H,1-2,5,7-10H2/b11-6+. The maximum atomic E-state index is 13.9. The summed E-state index contributed by atoms with van der Waals surface area (Å²) in [4.78, 5) is 0. The minimum Gasteiger partial charge on any atom is -0.316 e. The molecule has 1 rings (SSSR count). The predicted molar refractivity (Wildman–Crippen MR) is 63.6 cm³/mol. The summed E-state index contributed by atoms with van der Waals surface area (Å²) in [6.45, 7) is 9.12. The normalized spacial score (nSPS) is 24.6. The van der Waals surface area contributed by atoms with Gasteiger partial charge in [-0.05, 0) is 25.0 Å². The molecule has 1 fully saturated rings. The van der Waals surface area contributed by atoms with Crippen molar-refractivity contribution in [3.05, 3.63) is 37.0 Å². The molecule has 1 aliphatic heterocycles. The zero-order valence-corrected chi connectivity index (χ0v) is 9.21. The number of rotatable bonds is 5. The van der Waals surface area contributed by atoms with Crippen molar-refractivity contribution in [1.29, 1.82) is 0 Å². The summed E-state index contributed by atoms with van der Waals surface area (Å²) >= 11 is 0. The van der Waals surface area contributed by atoms with E-state index in [0.29, 0.717) is 6.42 Å². The molecule has 2 heteroatoms. The lowest BCUT2D eigenvalue weighted by atomic mass is 9.91. The Kier molecular flexibility index (Phi) is 5.33. The van der Waals surface area contributed by atoms with Gasteiger partial charge in [-0.3, -0.25) is 0 Å². The average molecular weight is 209 g/mol. The van der Waals surface area contributed by atoms with E-state index < -0.39 is 6.17 Å². The minimum atomic E-state index is -0.762. The number of hydrogen-bond donors (Lipinski definition) is 1. The number of halogens is 1. The lowest BCUT2D eigenvalue weighted by molar-refractivity contribution is 0.192. The van der Waals surface area contributed by atoms with Crippen LogP contribution in [0.25, 0.3) is 0 Å². The van der Waals surface area contributed by atoms with Crippen molar-refractivity contribution >= 4 is 0 Å². The van der Waals surface area contributed by atoms with Crippen molar-refractivity contribution in [2.45, 2.75) is 25.4 Å². The third-order valence-corrected chi connectivity index (χ3v) is 2.87. The highest BCUT2D eigenvalue weighted by Crippen LogP contribution is 2.23. The molecule has 0 aliphatic carbocycles. The third kappa shape index (κ3) is 4.00. The molecule has 1 heterocycles. The Labute approximate surface area is 91.8 Å². The molecule has 0 aromatic carbocycles. The molecule has 0 spiro atoms. The Bertz CT molecular complexity index is 239. The van der Waals surface area contributed by atoms with E-state index in [1.807, 2.05) is 6.08 Å². The highest BCUT2D eigenvalue weighted by atomic mass is 19.1. The first-order valence-corrected chi connectivity index (χ1v) is 5.56. The highest BCUT2D eigenvalue weighted by Gasteiger charge is 2.23. The van der Waals surface area contributed by atoms with Gasteiger partial charge in [-0.2, -0.15) is 0 Å². The molecular formula is C13H20FN.